The fourth-order valence-corrected chi connectivity index (χ4v) is 4.08. The maximum absolute atomic E-state index is 13.2. The van der Waals surface area contributed by atoms with Gasteiger partial charge in [0.2, 0.25) is 0 Å². The van der Waals surface area contributed by atoms with Gasteiger partial charge in [0, 0.05) is 12.2 Å². The molecule has 1 heterocycles. The van der Waals surface area contributed by atoms with Crippen molar-refractivity contribution in [1.29, 1.82) is 5.26 Å². The van der Waals surface area contributed by atoms with Crippen molar-refractivity contribution in [2.45, 2.75) is 38.5 Å². The van der Waals surface area contributed by atoms with Crippen molar-refractivity contribution in [3.8, 4) is 11.8 Å². The van der Waals surface area contributed by atoms with E-state index in [9.17, 15) is 9.65 Å². The molecule has 164 valence electrons. The Morgan fingerprint density at radius 2 is 1.97 bits per heavy atom. The number of nitrogens with one attached hydrogen (secondary N) is 1. The summed E-state index contributed by atoms with van der Waals surface area (Å²) in [5.74, 6) is 0.272. The first-order chi connectivity index (χ1) is 15.6. The number of guanidine groups is 1. The highest BCUT2D eigenvalue weighted by Crippen LogP contribution is 2.27. The Bertz CT molecular complexity index is 1170. The monoisotopic (exact) mass is 431 g/mol. The Balaban J connectivity index is 1.39. The molecule has 1 aliphatic carbocycles. The van der Waals surface area contributed by atoms with Gasteiger partial charge in [0.05, 0.1) is 11.4 Å². The lowest BCUT2D eigenvalue weighted by atomic mass is 9.90. The average Bonchev–Trinajstić information content (AvgIpc) is 3.12. The Morgan fingerprint density at radius 1 is 1.19 bits per heavy atom. The predicted molar refractivity (Wildman–Crippen MR) is 124 cm³/mol. The molecule has 7 nitrogen and oxygen atoms in total. The lowest BCUT2D eigenvalue weighted by Gasteiger charge is -2.19. The summed E-state index contributed by atoms with van der Waals surface area (Å²) in [4.78, 5) is 4.43. The number of hydrogen-bond donors (Lipinski definition) is 3. The topological polar surface area (TPSA) is 118 Å². The number of rotatable bonds is 6. The predicted octanol–water partition coefficient (Wildman–Crippen LogP) is 3.70. The number of fused-ring (bicyclic) bond motifs is 1. The number of nitrogens with zero attached hydrogens (tertiary/aromatic N) is 4. The third-order valence-electron chi connectivity index (χ3n) is 5.69. The number of hydrogen-bond acceptors (Lipinski definition) is 4. The molecule has 0 fully saturated rings. The second-order valence-corrected chi connectivity index (χ2v) is 7.85. The van der Waals surface area contributed by atoms with E-state index >= 15 is 0 Å². The zero-order valence-electron chi connectivity index (χ0n) is 17.8. The fourth-order valence-electron chi connectivity index (χ4n) is 4.08. The third-order valence-corrected chi connectivity index (χ3v) is 5.69. The van der Waals surface area contributed by atoms with E-state index in [0.717, 1.165) is 18.5 Å². The normalized spacial score (nSPS) is 13.4. The Kier molecular flexibility index (Phi) is 6.36. The molecule has 0 atom stereocenters. The molecular weight excluding hydrogens is 405 g/mol. The van der Waals surface area contributed by atoms with E-state index in [4.69, 9.17) is 11.5 Å². The minimum absolute atomic E-state index is 0.243. The van der Waals surface area contributed by atoms with Crippen LogP contribution < -0.4 is 16.8 Å². The van der Waals surface area contributed by atoms with Gasteiger partial charge in [0.15, 0.2) is 5.96 Å². The summed E-state index contributed by atoms with van der Waals surface area (Å²) in [6.07, 6.45) is 5.77. The quantitative estimate of drug-likeness (QED) is 0.312. The maximum atomic E-state index is 13.2. The van der Waals surface area contributed by atoms with Crippen molar-refractivity contribution in [2.24, 2.45) is 10.7 Å². The van der Waals surface area contributed by atoms with Gasteiger partial charge in [0.25, 0.3) is 0 Å². The van der Waals surface area contributed by atoms with Crippen LogP contribution in [-0.2, 0) is 19.3 Å². The lowest BCUT2D eigenvalue weighted by Crippen LogP contribution is -2.24. The number of aromatic nitrogens is 2. The smallest absolute Gasteiger partial charge is 0.193 e. The first kappa shape index (κ1) is 21.4. The maximum Gasteiger partial charge on any atom is 0.193 e. The van der Waals surface area contributed by atoms with Crippen molar-refractivity contribution in [3.05, 3.63) is 70.7 Å². The second-order valence-electron chi connectivity index (χ2n) is 7.85. The summed E-state index contributed by atoms with van der Waals surface area (Å²) in [6, 6.07) is 14.2. The van der Waals surface area contributed by atoms with Gasteiger partial charge >= 0.3 is 0 Å². The molecule has 0 aliphatic heterocycles. The van der Waals surface area contributed by atoms with Crippen molar-refractivity contribution in [1.82, 2.24) is 9.78 Å². The Morgan fingerprint density at radius 3 is 2.75 bits per heavy atom. The lowest BCUT2D eigenvalue weighted by molar-refractivity contribution is 0.627. The zero-order valence-corrected chi connectivity index (χ0v) is 17.8. The molecule has 32 heavy (non-hydrogen) atoms. The number of aryl methyl sites for hydroxylation is 2. The molecule has 0 saturated heterocycles. The summed E-state index contributed by atoms with van der Waals surface area (Å²) in [5, 5.41) is 17.2. The first-order valence-corrected chi connectivity index (χ1v) is 10.8. The van der Waals surface area contributed by atoms with Gasteiger partial charge in [-0.2, -0.15) is 10.4 Å². The van der Waals surface area contributed by atoms with E-state index in [0.29, 0.717) is 42.3 Å². The molecule has 2 aromatic carbocycles. The van der Waals surface area contributed by atoms with E-state index < -0.39 is 0 Å². The van der Waals surface area contributed by atoms with Gasteiger partial charge in [-0.15, -0.1) is 0 Å². The van der Waals surface area contributed by atoms with Crippen LogP contribution in [0.3, 0.4) is 0 Å². The summed E-state index contributed by atoms with van der Waals surface area (Å²) >= 11 is 0. The largest absolute Gasteiger partial charge is 0.382 e. The molecule has 0 radical (unpaired) electrons. The molecule has 0 bridgehead atoms. The number of anilines is 2. The number of nitrogens with two attached hydrogens (primary N) is 2. The van der Waals surface area contributed by atoms with Crippen LogP contribution >= 0.6 is 0 Å². The molecular formula is C24H26FN7. The van der Waals surface area contributed by atoms with Gasteiger partial charge < -0.3 is 16.8 Å². The molecule has 0 saturated carbocycles. The Hall–Kier alpha value is -3.86. The van der Waals surface area contributed by atoms with Crippen molar-refractivity contribution in [3.63, 3.8) is 0 Å². The Labute approximate surface area is 186 Å². The summed E-state index contributed by atoms with van der Waals surface area (Å²) < 4.78 is 14.7. The van der Waals surface area contributed by atoms with Gasteiger partial charge in [-0.05, 0) is 80.0 Å². The van der Waals surface area contributed by atoms with Crippen LogP contribution in [-0.4, -0.2) is 22.3 Å². The summed E-state index contributed by atoms with van der Waals surface area (Å²) in [6.45, 7) is 0.488. The minimum atomic E-state index is -0.347. The van der Waals surface area contributed by atoms with Gasteiger partial charge in [-0.3, -0.25) is 4.99 Å². The molecule has 0 unspecified atom stereocenters. The summed E-state index contributed by atoms with van der Waals surface area (Å²) in [7, 11) is 0. The molecule has 3 aromatic rings. The van der Waals surface area contributed by atoms with Crippen molar-refractivity contribution < 1.29 is 4.39 Å². The first-order valence-electron chi connectivity index (χ1n) is 10.8. The molecule has 4 rings (SSSR count). The standard InChI is InChI=1S/C24H26FN7/c25-17-10-12-18(13-11-17)32-23(27)20(15-26)22(31-32)9-4-14-29-24(28)30-21-8-3-6-16-5-1-2-7-19(16)21/h3,6,8,10-13H,1-2,4-5,7,9,14,27H2,(H3,28,29,30). The third kappa shape index (κ3) is 4.57. The highest BCUT2D eigenvalue weighted by molar-refractivity contribution is 5.93. The van der Waals surface area contributed by atoms with Crippen LogP contribution in [0.2, 0.25) is 0 Å². The molecule has 0 amide bonds. The number of nitrogen functional groups attached to an aromatic ring is 1. The number of benzene rings is 2. The van der Waals surface area contributed by atoms with E-state index in [1.165, 1.54) is 40.8 Å². The van der Waals surface area contributed by atoms with Crippen molar-refractivity contribution >= 4 is 17.5 Å². The van der Waals surface area contributed by atoms with E-state index in [1.54, 1.807) is 12.1 Å². The van der Waals surface area contributed by atoms with Gasteiger partial charge in [-0.1, -0.05) is 12.1 Å². The summed E-state index contributed by atoms with van der Waals surface area (Å²) in [5.41, 5.74) is 17.5. The van der Waals surface area contributed by atoms with Crippen LogP contribution in [0.1, 0.15) is 41.6 Å². The van der Waals surface area contributed by atoms with Gasteiger partial charge in [0.1, 0.15) is 23.3 Å². The highest BCUT2D eigenvalue weighted by atomic mass is 19.1. The number of aliphatic imine (C=N–C) groups is 1. The molecule has 5 N–H and O–H groups in total. The van der Waals surface area contributed by atoms with Crippen molar-refractivity contribution in [2.75, 3.05) is 17.6 Å². The van der Waals surface area contributed by atoms with E-state index in [-0.39, 0.29) is 11.6 Å². The molecule has 8 heteroatoms. The zero-order chi connectivity index (χ0) is 22.5. The van der Waals surface area contributed by atoms with E-state index in [1.807, 2.05) is 12.1 Å². The van der Waals surface area contributed by atoms with E-state index in [2.05, 4.69) is 27.5 Å². The SMILES string of the molecule is N#Cc1c(CCCN=C(N)Nc2cccc3c2CCCC3)nn(-c2ccc(F)cc2)c1N. The second kappa shape index (κ2) is 9.52. The number of nitriles is 1. The van der Waals surface area contributed by atoms with Crippen LogP contribution in [0, 0.1) is 17.1 Å². The fraction of sp³-hybridized carbons (Fsp3) is 0.292. The van der Waals surface area contributed by atoms with Crippen LogP contribution in [0.5, 0.6) is 0 Å². The van der Waals surface area contributed by atoms with Gasteiger partial charge in [-0.25, -0.2) is 9.07 Å². The van der Waals surface area contributed by atoms with Crippen LogP contribution in [0.4, 0.5) is 15.9 Å². The van der Waals surface area contributed by atoms with Crippen LogP contribution in [0.15, 0.2) is 47.5 Å². The highest BCUT2D eigenvalue weighted by Gasteiger charge is 2.16. The molecule has 1 aromatic heterocycles. The average molecular weight is 432 g/mol. The molecule has 1 aliphatic rings. The van der Waals surface area contributed by atoms with Crippen LogP contribution in [0.25, 0.3) is 5.69 Å². The number of halogens is 1. The molecule has 0 spiro atoms. The minimum Gasteiger partial charge on any atom is -0.382 e.